The predicted octanol–water partition coefficient (Wildman–Crippen LogP) is 1.71. The quantitative estimate of drug-likeness (QED) is 0.742. The van der Waals surface area contributed by atoms with Crippen LogP contribution in [0.2, 0.25) is 0 Å². The van der Waals surface area contributed by atoms with Crippen molar-refractivity contribution < 1.29 is 24.2 Å². The summed E-state index contributed by atoms with van der Waals surface area (Å²) in [4.78, 5) is 41.3. The first-order chi connectivity index (χ1) is 12.9. The van der Waals surface area contributed by atoms with E-state index in [2.05, 4.69) is 0 Å². The van der Waals surface area contributed by atoms with Crippen molar-refractivity contribution >= 4 is 35.2 Å². The minimum atomic E-state index is -1.06. The summed E-state index contributed by atoms with van der Waals surface area (Å²) < 4.78 is 5.07. The molecule has 2 aliphatic heterocycles. The van der Waals surface area contributed by atoms with Gasteiger partial charge in [-0.2, -0.15) is 0 Å². The van der Waals surface area contributed by atoms with E-state index < -0.39 is 17.3 Å². The summed E-state index contributed by atoms with van der Waals surface area (Å²) in [6, 6.07) is 7.69. The monoisotopic (exact) mass is 392 g/mol. The molecule has 2 aliphatic rings. The van der Waals surface area contributed by atoms with Crippen molar-refractivity contribution in [1.82, 2.24) is 4.90 Å². The first kappa shape index (κ1) is 19.7. The zero-order valence-corrected chi connectivity index (χ0v) is 16.3. The van der Waals surface area contributed by atoms with Crippen LogP contribution in [0.5, 0.6) is 0 Å². The number of hydrogen-bond donors (Lipinski definition) is 1. The first-order valence-corrected chi connectivity index (χ1v) is 10.1. The van der Waals surface area contributed by atoms with Gasteiger partial charge in [0.15, 0.2) is 0 Å². The van der Waals surface area contributed by atoms with Gasteiger partial charge in [-0.15, -0.1) is 11.8 Å². The van der Waals surface area contributed by atoms with Crippen LogP contribution in [0.25, 0.3) is 0 Å². The third kappa shape index (κ3) is 3.82. The van der Waals surface area contributed by atoms with E-state index >= 15 is 0 Å². The van der Waals surface area contributed by atoms with Crippen molar-refractivity contribution in [2.45, 2.75) is 17.7 Å². The fraction of sp³-hybridized carbons (Fsp3) is 0.526. The molecule has 2 fully saturated rings. The van der Waals surface area contributed by atoms with Gasteiger partial charge in [0.1, 0.15) is 5.41 Å². The molecule has 1 N–H and O–H groups in total. The summed E-state index contributed by atoms with van der Waals surface area (Å²) in [5.41, 5.74) is -0.269. The molecule has 1 aromatic rings. The summed E-state index contributed by atoms with van der Waals surface area (Å²) in [5.74, 6) is -1.61. The van der Waals surface area contributed by atoms with Gasteiger partial charge in [-0.25, -0.2) is 0 Å². The van der Waals surface area contributed by atoms with Gasteiger partial charge in [-0.1, -0.05) is 0 Å². The van der Waals surface area contributed by atoms with Gasteiger partial charge in [0.2, 0.25) is 11.8 Å². The van der Waals surface area contributed by atoms with Crippen molar-refractivity contribution in [3.8, 4) is 0 Å². The van der Waals surface area contributed by atoms with Crippen LogP contribution in [0.4, 0.5) is 5.69 Å². The van der Waals surface area contributed by atoms with Crippen molar-refractivity contribution in [3.63, 3.8) is 0 Å². The van der Waals surface area contributed by atoms with E-state index in [-0.39, 0.29) is 31.4 Å². The highest BCUT2D eigenvalue weighted by molar-refractivity contribution is 7.98. The Morgan fingerprint density at radius 2 is 2.04 bits per heavy atom. The van der Waals surface area contributed by atoms with Crippen molar-refractivity contribution in [1.29, 1.82) is 0 Å². The normalized spacial score (nSPS) is 25.3. The highest BCUT2D eigenvalue weighted by Gasteiger charge is 2.48. The standard InChI is InChI=1S/C19H24N2O5S/c1-26-12-19(18(24)25)7-8-20(11-19)17(23)13-9-16(22)21(10-13)14-3-5-15(27-2)6-4-14/h3-6,13H,7-12H2,1-2H3,(H,24,25). The Morgan fingerprint density at radius 3 is 2.63 bits per heavy atom. The van der Waals surface area contributed by atoms with Gasteiger partial charge in [0.05, 0.1) is 12.5 Å². The van der Waals surface area contributed by atoms with E-state index in [9.17, 15) is 19.5 Å². The Kier molecular flexibility index (Phi) is 5.76. The number of methoxy groups -OCH3 is 1. The molecule has 2 amide bonds. The molecule has 27 heavy (non-hydrogen) atoms. The van der Waals surface area contributed by atoms with Gasteiger partial charge >= 0.3 is 5.97 Å². The Labute approximate surface area is 162 Å². The summed E-state index contributed by atoms with van der Waals surface area (Å²) in [6.07, 6.45) is 2.51. The smallest absolute Gasteiger partial charge is 0.313 e. The maximum absolute atomic E-state index is 12.9. The summed E-state index contributed by atoms with van der Waals surface area (Å²) in [7, 11) is 1.46. The maximum Gasteiger partial charge on any atom is 0.313 e. The summed E-state index contributed by atoms with van der Waals surface area (Å²) >= 11 is 1.63. The first-order valence-electron chi connectivity index (χ1n) is 8.86. The van der Waals surface area contributed by atoms with E-state index in [0.29, 0.717) is 19.5 Å². The van der Waals surface area contributed by atoms with Crippen molar-refractivity contribution in [3.05, 3.63) is 24.3 Å². The van der Waals surface area contributed by atoms with Crippen LogP contribution in [0.3, 0.4) is 0 Å². The number of hydrogen-bond acceptors (Lipinski definition) is 5. The molecule has 0 aromatic heterocycles. The van der Waals surface area contributed by atoms with E-state index in [1.165, 1.54) is 7.11 Å². The van der Waals surface area contributed by atoms with Crippen molar-refractivity contribution in [2.24, 2.45) is 11.3 Å². The van der Waals surface area contributed by atoms with Crippen LogP contribution in [0, 0.1) is 11.3 Å². The zero-order chi connectivity index (χ0) is 19.6. The molecule has 0 spiro atoms. The molecule has 0 radical (unpaired) electrons. The highest BCUT2D eigenvalue weighted by atomic mass is 32.2. The fourth-order valence-electron chi connectivity index (χ4n) is 3.83. The number of carboxylic acids is 1. The van der Waals surface area contributed by atoms with Crippen LogP contribution in [0.15, 0.2) is 29.2 Å². The van der Waals surface area contributed by atoms with Crippen molar-refractivity contribution in [2.75, 3.05) is 44.5 Å². The third-order valence-electron chi connectivity index (χ3n) is 5.40. The molecule has 2 heterocycles. The van der Waals surface area contributed by atoms with Crippen LogP contribution in [-0.4, -0.2) is 67.4 Å². The Balaban J connectivity index is 1.68. The number of likely N-dealkylation sites (tertiary alicyclic amines) is 1. The molecular weight excluding hydrogens is 368 g/mol. The maximum atomic E-state index is 12.9. The molecule has 2 saturated heterocycles. The number of amides is 2. The average molecular weight is 392 g/mol. The number of rotatable bonds is 6. The van der Waals surface area contributed by atoms with E-state index in [1.54, 1.807) is 21.6 Å². The van der Waals surface area contributed by atoms with Gasteiger partial charge < -0.3 is 19.6 Å². The SMILES string of the molecule is COCC1(C(=O)O)CCN(C(=O)C2CC(=O)N(c3ccc(SC)cc3)C2)C1. The number of thioether (sulfide) groups is 1. The lowest BCUT2D eigenvalue weighted by Crippen LogP contribution is -2.42. The largest absolute Gasteiger partial charge is 0.481 e. The van der Waals surface area contributed by atoms with Crippen LogP contribution in [0.1, 0.15) is 12.8 Å². The molecule has 0 aliphatic carbocycles. The second-order valence-electron chi connectivity index (χ2n) is 7.13. The van der Waals surface area contributed by atoms with E-state index in [1.807, 2.05) is 30.5 Å². The minimum absolute atomic E-state index is 0.0730. The molecule has 146 valence electrons. The van der Waals surface area contributed by atoms with E-state index in [0.717, 1.165) is 10.6 Å². The van der Waals surface area contributed by atoms with Gasteiger partial charge in [0, 0.05) is 43.7 Å². The number of carbonyl (C=O) groups excluding carboxylic acids is 2. The number of nitrogens with zero attached hydrogens (tertiary/aromatic N) is 2. The number of benzene rings is 1. The Morgan fingerprint density at radius 1 is 1.33 bits per heavy atom. The number of carbonyl (C=O) groups is 3. The number of anilines is 1. The average Bonchev–Trinajstić information content (AvgIpc) is 3.26. The summed E-state index contributed by atoms with van der Waals surface area (Å²) in [5, 5.41) is 9.55. The summed E-state index contributed by atoms with van der Waals surface area (Å²) in [6.45, 7) is 0.907. The van der Waals surface area contributed by atoms with Gasteiger partial charge in [0.25, 0.3) is 0 Å². The fourth-order valence-corrected chi connectivity index (χ4v) is 4.24. The molecule has 7 nitrogen and oxygen atoms in total. The number of ether oxygens (including phenoxy) is 1. The number of carboxylic acid groups (broad SMARTS) is 1. The lowest BCUT2D eigenvalue weighted by Gasteiger charge is -2.25. The number of aliphatic carboxylic acids is 1. The molecule has 8 heteroatoms. The minimum Gasteiger partial charge on any atom is -0.481 e. The molecule has 2 atom stereocenters. The van der Waals surface area contributed by atoms with Gasteiger partial charge in [-0.3, -0.25) is 14.4 Å². The van der Waals surface area contributed by atoms with Gasteiger partial charge in [-0.05, 0) is 36.9 Å². The second-order valence-corrected chi connectivity index (χ2v) is 8.01. The van der Waals surface area contributed by atoms with E-state index in [4.69, 9.17) is 4.74 Å². The predicted molar refractivity (Wildman–Crippen MR) is 102 cm³/mol. The third-order valence-corrected chi connectivity index (χ3v) is 6.14. The zero-order valence-electron chi connectivity index (χ0n) is 15.5. The molecule has 3 rings (SSSR count). The second kappa shape index (κ2) is 7.90. The molecule has 0 bridgehead atoms. The van der Waals surface area contributed by atoms with Crippen LogP contribution >= 0.6 is 11.8 Å². The molecular formula is C19H24N2O5S. The Hall–Kier alpha value is -2.06. The lowest BCUT2D eigenvalue weighted by atomic mass is 9.88. The molecule has 0 saturated carbocycles. The topological polar surface area (TPSA) is 87.1 Å². The lowest BCUT2D eigenvalue weighted by molar-refractivity contribution is -0.152. The highest BCUT2D eigenvalue weighted by Crippen LogP contribution is 2.34. The molecule has 2 unspecified atom stereocenters. The van der Waals surface area contributed by atoms with Crippen LogP contribution < -0.4 is 4.90 Å². The molecule has 1 aromatic carbocycles. The Bertz CT molecular complexity index is 738. The van der Waals surface area contributed by atoms with Crippen LogP contribution in [-0.2, 0) is 19.1 Å².